The van der Waals surface area contributed by atoms with Crippen LogP contribution in [-0.4, -0.2) is 22.8 Å². The lowest BCUT2D eigenvalue weighted by atomic mass is 9.44. The Bertz CT molecular complexity index is 527. The molecule has 4 saturated carbocycles. The molecule has 0 aromatic rings. The van der Waals surface area contributed by atoms with Gasteiger partial charge in [0.1, 0.15) is 11.6 Å². The van der Waals surface area contributed by atoms with Crippen LogP contribution in [0.1, 0.15) is 65.2 Å². The molecular formula is C19H28O3. The van der Waals surface area contributed by atoms with E-state index in [0.717, 1.165) is 32.1 Å². The smallest absolute Gasteiger partial charge is 0.133 e. The molecule has 4 aliphatic rings. The van der Waals surface area contributed by atoms with Crippen LogP contribution in [0.5, 0.6) is 0 Å². The maximum Gasteiger partial charge on any atom is 0.133 e. The molecule has 0 saturated heterocycles. The Labute approximate surface area is 132 Å². The highest BCUT2D eigenvalue weighted by molar-refractivity contribution is 5.82. The molecule has 122 valence electrons. The molecule has 3 heteroatoms. The van der Waals surface area contributed by atoms with E-state index in [4.69, 9.17) is 0 Å². The van der Waals surface area contributed by atoms with Gasteiger partial charge in [0.05, 0.1) is 6.10 Å². The molecule has 1 N–H and O–H groups in total. The van der Waals surface area contributed by atoms with E-state index in [1.54, 1.807) is 0 Å². The summed E-state index contributed by atoms with van der Waals surface area (Å²) in [5, 5.41) is 11.0. The Morgan fingerprint density at radius 2 is 1.86 bits per heavy atom. The summed E-state index contributed by atoms with van der Waals surface area (Å²) < 4.78 is 0. The third kappa shape index (κ3) is 1.90. The van der Waals surface area contributed by atoms with E-state index >= 15 is 0 Å². The van der Waals surface area contributed by atoms with Gasteiger partial charge in [-0.05, 0) is 60.2 Å². The van der Waals surface area contributed by atoms with E-state index in [0.29, 0.717) is 54.5 Å². The molecule has 3 nitrogen and oxygen atoms in total. The van der Waals surface area contributed by atoms with Crippen LogP contribution >= 0.6 is 0 Å². The molecule has 4 fully saturated rings. The van der Waals surface area contributed by atoms with Crippen molar-refractivity contribution in [3.63, 3.8) is 0 Å². The van der Waals surface area contributed by atoms with E-state index in [1.807, 2.05) is 0 Å². The van der Waals surface area contributed by atoms with Gasteiger partial charge in [-0.15, -0.1) is 0 Å². The average Bonchev–Trinajstić information content (AvgIpc) is 2.73. The Balaban J connectivity index is 1.70. The number of hydrogen-bond donors (Lipinski definition) is 1. The lowest BCUT2D eigenvalue weighted by Crippen LogP contribution is -2.58. The van der Waals surface area contributed by atoms with E-state index in [1.165, 1.54) is 0 Å². The molecule has 4 rings (SSSR count). The molecule has 0 aromatic heterocycles. The summed E-state index contributed by atoms with van der Waals surface area (Å²) in [6.07, 6.45) is 6.42. The van der Waals surface area contributed by atoms with Crippen molar-refractivity contribution in [1.82, 2.24) is 0 Å². The maximum absolute atomic E-state index is 12.1. The summed E-state index contributed by atoms with van der Waals surface area (Å²) in [7, 11) is 0. The lowest BCUT2D eigenvalue weighted by Gasteiger charge is -2.61. The Hall–Kier alpha value is -0.700. The summed E-state index contributed by atoms with van der Waals surface area (Å²) in [5.74, 6) is 2.49. The molecule has 7 unspecified atom stereocenters. The number of aliphatic hydroxyl groups is 1. The average molecular weight is 304 g/mol. The molecule has 0 bridgehead atoms. The van der Waals surface area contributed by atoms with Crippen LogP contribution in [0.15, 0.2) is 0 Å². The van der Waals surface area contributed by atoms with Gasteiger partial charge in [0, 0.05) is 25.7 Å². The molecule has 0 aromatic carbocycles. The molecule has 0 spiro atoms. The first-order chi connectivity index (χ1) is 10.3. The normalized spacial score (nSPS) is 54.6. The fourth-order valence-corrected chi connectivity index (χ4v) is 6.97. The minimum absolute atomic E-state index is 0.0192. The van der Waals surface area contributed by atoms with Crippen LogP contribution in [0.3, 0.4) is 0 Å². The second-order valence-electron chi connectivity index (χ2n) is 9.16. The van der Waals surface area contributed by atoms with Gasteiger partial charge >= 0.3 is 0 Å². The first kappa shape index (κ1) is 14.9. The van der Waals surface area contributed by atoms with Crippen molar-refractivity contribution in [3.05, 3.63) is 0 Å². The van der Waals surface area contributed by atoms with Crippen molar-refractivity contribution in [2.45, 2.75) is 71.3 Å². The predicted octanol–water partition coefficient (Wildman–Crippen LogP) is 3.14. The number of carbonyl (C=O) groups excluding carboxylic acids is 2. The molecule has 0 aliphatic heterocycles. The summed E-state index contributed by atoms with van der Waals surface area (Å²) >= 11 is 0. The van der Waals surface area contributed by atoms with Crippen LogP contribution in [0.2, 0.25) is 0 Å². The first-order valence-electron chi connectivity index (χ1n) is 9.05. The Kier molecular flexibility index (Phi) is 3.15. The highest BCUT2D eigenvalue weighted by atomic mass is 16.3. The third-order valence-corrected chi connectivity index (χ3v) is 7.97. The van der Waals surface area contributed by atoms with Crippen LogP contribution in [-0.2, 0) is 9.59 Å². The summed E-state index contributed by atoms with van der Waals surface area (Å²) in [6, 6.07) is 0. The molecule has 0 heterocycles. The van der Waals surface area contributed by atoms with E-state index in [2.05, 4.69) is 13.8 Å². The fraction of sp³-hybridized carbons (Fsp3) is 0.895. The summed E-state index contributed by atoms with van der Waals surface area (Å²) in [5.41, 5.74) is 0.120. The second-order valence-corrected chi connectivity index (χ2v) is 9.16. The SMILES string of the molecule is CC12CC(=O)CC1C1CCC3CC(=O)CCC3(C)C1C(O)C2. The van der Waals surface area contributed by atoms with E-state index in [-0.39, 0.29) is 16.9 Å². The first-order valence-corrected chi connectivity index (χ1v) is 9.05. The van der Waals surface area contributed by atoms with Crippen LogP contribution in [0, 0.1) is 34.5 Å². The molecule has 0 radical (unpaired) electrons. The maximum atomic E-state index is 12.1. The van der Waals surface area contributed by atoms with Crippen LogP contribution in [0.4, 0.5) is 0 Å². The zero-order valence-electron chi connectivity index (χ0n) is 13.8. The zero-order valence-corrected chi connectivity index (χ0v) is 13.8. The van der Waals surface area contributed by atoms with E-state index < -0.39 is 0 Å². The van der Waals surface area contributed by atoms with Crippen LogP contribution in [0.25, 0.3) is 0 Å². The number of aliphatic hydroxyl groups excluding tert-OH is 1. The van der Waals surface area contributed by atoms with Gasteiger partial charge in [-0.3, -0.25) is 9.59 Å². The van der Waals surface area contributed by atoms with Crippen molar-refractivity contribution in [3.8, 4) is 0 Å². The highest BCUT2D eigenvalue weighted by Gasteiger charge is 2.62. The van der Waals surface area contributed by atoms with Crippen molar-refractivity contribution in [1.29, 1.82) is 0 Å². The summed E-state index contributed by atoms with van der Waals surface area (Å²) in [6.45, 7) is 4.55. The van der Waals surface area contributed by atoms with Gasteiger partial charge in [0.25, 0.3) is 0 Å². The molecule has 7 atom stereocenters. The van der Waals surface area contributed by atoms with E-state index in [9.17, 15) is 14.7 Å². The number of fused-ring (bicyclic) bond motifs is 5. The van der Waals surface area contributed by atoms with Crippen molar-refractivity contribution >= 4 is 11.6 Å². The van der Waals surface area contributed by atoms with Crippen molar-refractivity contribution in [2.75, 3.05) is 0 Å². The van der Waals surface area contributed by atoms with Gasteiger partial charge in [-0.2, -0.15) is 0 Å². The zero-order chi connectivity index (χ0) is 15.7. The van der Waals surface area contributed by atoms with Gasteiger partial charge in [0.2, 0.25) is 0 Å². The predicted molar refractivity (Wildman–Crippen MR) is 83.1 cm³/mol. The quantitative estimate of drug-likeness (QED) is 0.748. The molecule has 22 heavy (non-hydrogen) atoms. The van der Waals surface area contributed by atoms with Gasteiger partial charge in [0.15, 0.2) is 0 Å². The Morgan fingerprint density at radius 3 is 2.64 bits per heavy atom. The third-order valence-electron chi connectivity index (χ3n) is 7.97. The lowest BCUT2D eigenvalue weighted by molar-refractivity contribution is -0.167. The molecular weight excluding hydrogens is 276 g/mol. The fourth-order valence-electron chi connectivity index (χ4n) is 6.97. The largest absolute Gasteiger partial charge is 0.393 e. The van der Waals surface area contributed by atoms with Crippen molar-refractivity contribution < 1.29 is 14.7 Å². The molecule has 4 aliphatic carbocycles. The second kappa shape index (κ2) is 4.66. The number of ketones is 2. The van der Waals surface area contributed by atoms with Gasteiger partial charge in [-0.25, -0.2) is 0 Å². The van der Waals surface area contributed by atoms with Crippen molar-refractivity contribution in [2.24, 2.45) is 34.5 Å². The minimum Gasteiger partial charge on any atom is -0.393 e. The Morgan fingerprint density at radius 1 is 1.09 bits per heavy atom. The number of rotatable bonds is 0. The monoisotopic (exact) mass is 304 g/mol. The number of Topliss-reactive ketones (excluding diaryl/α,β-unsaturated/α-hetero) is 2. The number of carbonyl (C=O) groups is 2. The summed E-state index contributed by atoms with van der Waals surface area (Å²) in [4.78, 5) is 23.9. The highest BCUT2D eigenvalue weighted by Crippen LogP contribution is 2.65. The topological polar surface area (TPSA) is 54.4 Å². The van der Waals surface area contributed by atoms with Gasteiger partial charge in [-0.1, -0.05) is 13.8 Å². The van der Waals surface area contributed by atoms with Gasteiger partial charge < -0.3 is 5.11 Å². The minimum atomic E-state index is -0.293. The standard InChI is InChI=1S/C19H28O3/c1-18-9-13(21)8-15(18)14-4-3-11-7-12(20)5-6-19(11,2)17(14)16(22)10-18/h11,14-17,22H,3-10H2,1-2H3. The molecule has 0 amide bonds. The number of hydrogen-bond acceptors (Lipinski definition) is 3. The van der Waals surface area contributed by atoms with Crippen LogP contribution < -0.4 is 0 Å².